The van der Waals surface area contributed by atoms with E-state index in [4.69, 9.17) is 33.5 Å². The lowest BCUT2D eigenvalue weighted by atomic mass is 10.3. The molecular formula is C11H17Cl2N2O5S2+. The lowest BCUT2D eigenvalue weighted by molar-refractivity contribution is -0.472. The Bertz CT molecular complexity index is 725. The number of halogens is 2. The van der Waals surface area contributed by atoms with Crippen molar-refractivity contribution in [1.82, 2.24) is 0 Å². The van der Waals surface area contributed by atoms with E-state index in [2.05, 4.69) is 0 Å². The fourth-order valence-electron chi connectivity index (χ4n) is 1.21. The number of nitrogen functional groups attached to an aromatic ring is 1. The Hall–Kier alpha value is -0.870. The highest BCUT2D eigenvalue weighted by Gasteiger charge is 2.05. The number of unbranched alkanes of at least 4 members (excludes halogenated alkanes) is 1. The summed E-state index contributed by atoms with van der Waals surface area (Å²) >= 11 is 11.2. The van der Waals surface area contributed by atoms with Gasteiger partial charge >= 0.3 is 10.5 Å². The van der Waals surface area contributed by atoms with Crippen molar-refractivity contribution in [3.05, 3.63) is 28.2 Å². The maximum Gasteiger partial charge on any atom is 0.458 e. The van der Waals surface area contributed by atoms with E-state index in [1.807, 2.05) is 0 Å². The van der Waals surface area contributed by atoms with Crippen molar-refractivity contribution in [3.63, 3.8) is 0 Å². The second kappa shape index (κ2) is 10.0. The monoisotopic (exact) mass is 391 g/mol. The summed E-state index contributed by atoms with van der Waals surface area (Å²) in [5.74, 6) is -0.327. The van der Waals surface area contributed by atoms with E-state index >= 15 is 0 Å². The van der Waals surface area contributed by atoms with Crippen LogP contribution in [-0.2, 0) is 20.6 Å². The minimum atomic E-state index is -3.91. The molecule has 1 rings (SSSR count). The van der Waals surface area contributed by atoms with Crippen LogP contribution < -0.4 is 5.73 Å². The lowest BCUT2D eigenvalue weighted by Gasteiger charge is -1.95. The number of nitrogens with two attached hydrogens (primary N) is 1. The van der Waals surface area contributed by atoms with Gasteiger partial charge in [-0.1, -0.05) is 23.2 Å². The van der Waals surface area contributed by atoms with Gasteiger partial charge in [0.15, 0.2) is 13.6 Å². The van der Waals surface area contributed by atoms with Crippen LogP contribution in [0.2, 0.25) is 10.0 Å². The smallest absolute Gasteiger partial charge is 0.397 e. The molecule has 0 saturated heterocycles. The molecule has 126 valence electrons. The molecule has 3 N–H and O–H groups in total. The van der Waals surface area contributed by atoms with Crippen molar-refractivity contribution in [2.45, 2.75) is 12.8 Å². The number of hydrogen-bond donors (Lipinski definition) is 2. The van der Waals surface area contributed by atoms with E-state index < -0.39 is 20.6 Å². The molecule has 0 aromatic heterocycles. The molecule has 1 aromatic carbocycles. The van der Waals surface area contributed by atoms with Gasteiger partial charge in [-0.15, -0.1) is 12.4 Å². The number of nitrogens with zero attached hydrogens (tertiary/aromatic N) is 1. The molecule has 0 atom stereocenters. The summed E-state index contributed by atoms with van der Waals surface area (Å²) in [6.45, 7) is 0.256. The summed E-state index contributed by atoms with van der Waals surface area (Å²) in [6, 6.07) is 4.98. The number of hydrogen-bond acceptors (Lipinski definition) is 5. The quantitative estimate of drug-likeness (QED) is 0.342. The SMILES string of the molecule is C[N+](CCCCS(=O)(=O)O)=S(=O)=O.Nc1cc(Cl)ccc1Cl. The normalized spacial score (nSPS) is 10.5. The Morgan fingerprint density at radius 2 is 1.86 bits per heavy atom. The first-order valence-electron chi connectivity index (χ1n) is 5.99. The third-order valence-corrected chi connectivity index (χ3v) is 4.41. The maximum absolute atomic E-state index is 10.2. The lowest BCUT2D eigenvalue weighted by Crippen LogP contribution is -2.09. The second-order valence-corrected chi connectivity index (χ2v) is 7.70. The van der Waals surface area contributed by atoms with E-state index in [1.165, 1.54) is 7.05 Å². The third kappa shape index (κ3) is 10.8. The zero-order valence-electron chi connectivity index (χ0n) is 11.7. The van der Waals surface area contributed by atoms with Crippen LogP contribution in [0.1, 0.15) is 12.8 Å². The average Bonchev–Trinajstić information content (AvgIpc) is 2.38. The van der Waals surface area contributed by atoms with Gasteiger partial charge in [0, 0.05) is 11.4 Å². The third-order valence-electron chi connectivity index (χ3n) is 2.34. The summed E-state index contributed by atoms with van der Waals surface area (Å²) in [5.41, 5.74) is 5.92. The summed E-state index contributed by atoms with van der Waals surface area (Å²) in [7, 11) is -4.79. The van der Waals surface area contributed by atoms with Gasteiger partial charge in [-0.2, -0.15) is 8.42 Å². The molecule has 22 heavy (non-hydrogen) atoms. The molecule has 0 saturated carbocycles. The minimum absolute atomic E-state index is 0.250. The zero-order valence-corrected chi connectivity index (χ0v) is 14.9. The predicted octanol–water partition coefficient (Wildman–Crippen LogP) is 1.93. The van der Waals surface area contributed by atoms with Gasteiger partial charge in [-0.25, -0.2) is 0 Å². The molecule has 0 aliphatic carbocycles. The molecule has 0 radical (unpaired) electrons. The zero-order chi connectivity index (χ0) is 17.3. The van der Waals surface area contributed by atoms with Crippen molar-refractivity contribution in [2.24, 2.45) is 0 Å². The first kappa shape index (κ1) is 21.1. The first-order chi connectivity index (χ1) is 10.0. The number of anilines is 1. The number of rotatable bonds is 5. The molecule has 11 heteroatoms. The van der Waals surface area contributed by atoms with Gasteiger partial charge in [-0.05, 0) is 24.6 Å². The summed E-state index contributed by atoms with van der Waals surface area (Å²) in [5, 5.41) is 1.15. The van der Waals surface area contributed by atoms with E-state index in [9.17, 15) is 16.8 Å². The van der Waals surface area contributed by atoms with Crippen LogP contribution in [0.15, 0.2) is 18.2 Å². The van der Waals surface area contributed by atoms with Gasteiger partial charge in [0.1, 0.15) is 0 Å². The highest BCUT2D eigenvalue weighted by atomic mass is 35.5. The van der Waals surface area contributed by atoms with E-state index in [-0.39, 0.29) is 18.7 Å². The van der Waals surface area contributed by atoms with Gasteiger partial charge in [0.25, 0.3) is 10.1 Å². The van der Waals surface area contributed by atoms with E-state index in [0.29, 0.717) is 22.2 Å². The largest absolute Gasteiger partial charge is 0.458 e. The van der Waals surface area contributed by atoms with Crippen molar-refractivity contribution in [3.8, 4) is 0 Å². The molecule has 0 heterocycles. The Morgan fingerprint density at radius 3 is 2.27 bits per heavy atom. The Kier molecular flexibility index (Phi) is 9.61. The van der Waals surface area contributed by atoms with Crippen molar-refractivity contribution in [2.75, 3.05) is 25.1 Å². The maximum atomic E-state index is 10.2. The van der Waals surface area contributed by atoms with Crippen LogP contribution in [0.3, 0.4) is 0 Å². The Balaban J connectivity index is 0.000000425. The van der Waals surface area contributed by atoms with E-state index in [1.54, 1.807) is 18.2 Å². The Morgan fingerprint density at radius 1 is 1.27 bits per heavy atom. The Labute approximate surface area is 141 Å². The summed E-state index contributed by atoms with van der Waals surface area (Å²) in [4.78, 5) is 0. The summed E-state index contributed by atoms with van der Waals surface area (Å²) in [6.07, 6.45) is 0.657. The molecule has 0 amide bonds. The summed E-state index contributed by atoms with van der Waals surface area (Å²) < 4.78 is 50.3. The molecule has 0 fully saturated rings. The molecule has 7 nitrogen and oxygen atoms in total. The van der Waals surface area contributed by atoms with Crippen LogP contribution in [-0.4, -0.2) is 44.7 Å². The molecule has 0 bridgehead atoms. The standard InChI is InChI=1S/C6H5Cl2N.C5H11NO5S2/c7-4-1-2-5(8)6(9)3-4;1-6(12(7)8)4-2-3-5-13(9,10)11/h1-3H,9H2;2-5H2,1H3/p+1. The molecular weight excluding hydrogens is 375 g/mol. The minimum Gasteiger partial charge on any atom is -0.397 e. The fraction of sp³-hybridized carbons (Fsp3) is 0.455. The van der Waals surface area contributed by atoms with Crippen molar-refractivity contribution in [1.29, 1.82) is 0 Å². The van der Waals surface area contributed by atoms with Crippen molar-refractivity contribution >= 4 is 49.5 Å². The van der Waals surface area contributed by atoms with Gasteiger partial charge in [0.05, 0.1) is 16.5 Å². The average molecular weight is 392 g/mol. The molecule has 0 spiro atoms. The van der Waals surface area contributed by atoms with Crippen LogP contribution in [0.5, 0.6) is 0 Å². The van der Waals surface area contributed by atoms with Gasteiger partial charge < -0.3 is 5.73 Å². The van der Waals surface area contributed by atoms with Gasteiger partial charge in [-0.3, -0.25) is 4.55 Å². The molecule has 0 aliphatic rings. The highest BCUT2D eigenvalue weighted by Crippen LogP contribution is 2.21. The van der Waals surface area contributed by atoms with Gasteiger partial charge in [0.2, 0.25) is 0 Å². The van der Waals surface area contributed by atoms with Crippen LogP contribution in [0.4, 0.5) is 5.69 Å². The highest BCUT2D eigenvalue weighted by molar-refractivity contribution is 7.85. The van der Waals surface area contributed by atoms with E-state index in [0.717, 1.165) is 3.95 Å². The van der Waals surface area contributed by atoms with Crippen LogP contribution in [0.25, 0.3) is 0 Å². The topological polar surface area (TPSA) is 118 Å². The molecule has 0 unspecified atom stereocenters. The molecule has 0 aliphatic heterocycles. The number of benzene rings is 1. The van der Waals surface area contributed by atoms with Crippen molar-refractivity contribution < 1.29 is 25.3 Å². The van der Waals surface area contributed by atoms with Crippen LogP contribution in [0, 0.1) is 0 Å². The first-order valence-corrected chi connectivity index (χ1v) is 9.39. The second-order valence-electron chi connectivity index (χ2n) is 4.23. The van der Waals surface area contributed by atoms with Crippen LogP contribution >= 0.6 is 23.2 Å². The molecule has 1 aromatic rings. The predicted molar refractivity (Wildman–Crippen MR) is 86.5 cm³/mol. The fourth-order valence-corrected chi connectivity index (χ4v) is 2.35.